The number of carbonyl (C=O) groups is 1. The Hall–Kier alpha value is -0.900. The Morgan fingerprint density at radius 2 is 2.00 bits per heavy atom. The summed E-state index contributed by atoms with van der Waals surface area (Å²) in [4.78, 5) is 10.6. The van der Waals surface area contributed by atoms with Crippen LogP contribution < -0.4 is 0 Å². The molecule has 2 N–H and O–H groups in total. The van der Waals surface area contributed by atoms with Crippen LogP contribution in [0.25, 0.3) is 0 Å². The zero-order valence-corrected chi connectivity index (χ0v) is 10.4. The number of rotatable bonds is 2. The number of nitriles is 1. The number of aliphatic carboxylic acids is 1. The third-order valence-corrected chi connectivity index (χ3v) is 3.97. The van der Waals surface area contributed by atoms with Gasteiger partial charge in [-0.05, 0) is 37.9 Å². The lowest BCUT2D eigenvalue weighted by Crippen LogP contribution is -2.11. The lowest BCUT2D eigenvalue weighted by atomic mass is 10.1. The van der Waals surface area contributed by atoms with Crippen LogP contribution in [0.1, 0.15) is 17.2 Å². The van der Waals surface area contributed by atoms with E-state index in [-0.39, 0.29) is 5.56 Å². The summed E-state index contributed by atoms with van der Waals surface area (Å²) in [5.41, 5.74) is 0.566. The van der Waals surface area contributed by atoms with Gasteiger partial charge in [-0.25, -0.2) is 4.79 Å². The smallest absolute Gasteiger partial charge is 0.337 e. The van der Waals surface area contributed by atoms with Gasteiger partial charge in [0.05, 0.1) is 5.56 Å². The molecule has 0 heterocycles. The van der Waals surface area contributed by atoms with Crippen molar-refractivity contribution in [3.05, 3.63) is 32.2 Å². The van der Waals surface area contributed by atoms with Gasteiger partial charge in [0.25, 0.3) is 0 Å². The number of aliphatic hydroxyl groups is 1. The first-order valence-corrected chi connectivity index (χ1v) is 5.36. The third-order valence-electron chi connectivity index (χ3n) is 1.76. The molecule has 15 heavy (non-hydrogen) atoms. The molecule has 0 aliphatic heterocycles. The molecule has 1 unspecified atom stereocenters. The highest BCUT2D eigenvalue weighted by Crippen LogP contribution is 2.33. The van der Waals surface area contributed by atoms with Crippen molar-refractivity contribution in [2.24, 2.45) is 0 Å². The molecular weight excluding hydrogens is 330 g/mol. The highest BCUT2D eigenvalue weighted by atomic mass is 79.9. The predicted molar refractivity (Wildman–Crippen MR) is 59.2 cm³/mol. The van der Waals surface area contributed by atoms with Gasteiger partial charge in [0.2, 0.25) is 0 Å². The Morgan fingerprint density at radius 3 is 2.47 bits per heavy atom. The Balaban J connectivity index is 3.31. The van der Waals surface area contributed by atoms with Crippen LogP contribution in [0.15, 0.2) is 21.1 Å². The van der Waals surface area contributed by atoms with Crippen LogP contribution in [0, 0.1) is 11.3 Å². The average Bonchev–Trinajstić information content (AvgIpc) is 2.21. The summed E-state index contributed by atoms with van der Waals surface area (Å²) in [5, 5.41) is 26.7. The predicted octanol–water partition coefficient (Wildman–Crippen LogP) is 2.20. The molecule has 78 valence electrons. The lowest BCUT2D eigenvalue weighted by Gasteiger charge is -2.10. The fraction of sp³-hybridized carbons (Fsp3) is 0.111. The standard InChI is InChI=1S/C9H5Br2NO3/c10-6-4(3-12)1-2-5(7(6)11)8(13)9(14)15/h1-2,8,13H,(H,14,15). The van der Waals surface area contributed by atoms with E-state index in [0.29, 0.717) is 14.5 Å². The first-order chi connectivity index (χ1) is 6.99. The van der Waals surface area contributed by atoms with Gasteiger partial charge < -0.3 is 10.2 Å². The summed E-state index contributed by atoms with van der Waals surface area (Å²) in [6, 6.07) is 4.76. The molecule has 4 nitrogen and oxygen atoms in total. The van der Waals surface area contributed by atoms with Crippen LogP contribution in [-0.4, -0.2) is 16.2 Å². The summed E-state index contributed by atoms with van der Waals surface area (Å²) in [7, 11) is 0. The van der Waals surface area contributed by atoms with Crippen LogP contribution in [0.3, 0.4) is 0 Å². The highest BCUT2D eigenvalue weighted by molar-refractivity contribution is 9.13. The molecule has 0 saturated carbocycles. The molecule has 0 radical (unpaired) electrons. The summed E-state index contributed by atoms with van der Waals surface area (Å²) >= 11 is 6.25. The van der Waals surface area contributed by atoms with E-state index in [1.165, 1.54) is 12.1 Å². The van der Waals surface area contributed by atoms with Gasteiger partial charge in [0.1, 0.15) is 6.07 Å². The molecule has 0 aliphatic rings. The van der Waals surface area contributed by atoms with E-state index in [1.54, 1.807) is 0 Å². The van der Waals surface area contributed by atoms with Gasteiger partial charge in [0.15, 0.2) is 6.10 Å². The fourth-order valence-electron chi connectivity index (χ4n) is 0.995. The van der Waals surface area contributed by atoms with E-state index in [9.17, 15) is 9.90 Å². The summed E-state index contributed by atoms with van der Waals surface area (Å²) in [6.45, 7) is 0. The van der Waals surface area contributed by atoms with Crippen molar-refractivity contribution in [2.75, 3.05) is 0 Å². The van der Waals surface area contributed by atoms with E-state index in [1.807, 2.05) is 6.07 Å². The Bertz CT molecular complexity index is 453. The topological polar surface area (TPSA) is 81.3 Å². The molecule has 0 spiro atoms. The quantitative estimate of drug-likeness (QED) is 0.868. The maximum atomic E-state index is 10.6. The Kier molecular flexibility index (Phi) is 3.85. The first-order valence-electron chi connectivity index (χ1n) is 3.78. The van der Waals surface area contributed by atoms with Crippen LogP contribution in [0.4, 0.5) is 0 Å². The summed E-state index contributed by atoms with van der Waals surface area (Å²) in [5.74, 6) is -1.34. The van der Waals surface area contributed by atoms with E-state index in [0.717, 1.165) is 0 Å². The normalized spacial score (nSPS) is 11.9. The molecule has 0 aromatic heterocycles. The SMILES string of the molecule is N#Cc1ccc(C(O)C(=O)O)c(Br)c1Br. The third kappa shape index (κ3) is 2.37. The number of hydrogen-bond donors (Lipinski definition) is 2. The highest BCUT2D eigenvalue weighted by Gasteiger charge is 2.21. The number of aliphatic hydroxyl groups excluding tert-OH is 1. The van der Waals surface area contributed by atoms with Gasteiger partial charge in [-0.15, -0.1) is 0 Å². The second kappa shape index (κ2) is 4.75. The second-order valence-electron chi connectivity index (χ2n) is 2.68. The Morgan fingerprint density at radius 1 is 1.40 bits per heavy atom. The maximum absolute atomic E-state index is 10.6. The van der Waals surface area contributed by atoms with Crippen LogP contribution >= 0.6 is 31.9 Å². The molecular formula is C9H5Br2NO3. The Labute approximate surface area is 102 Å². The fourth-order valence-corrected chi connectivity index (χ4v) is 2.01. The zero-order valence-electron chi connectivity index (χ0n) is 7.24. The molecule has 1 rings (SSSR count). The summed E-state index contributed by atoms with van der Waals surface area (Å²) < 4.78 is 0.805. The second-order valence-corrected chi connectivity index (χ2v) is 4.27. The van der Waals surface area contributed by atoms with Gasteiger partial charge >= 0.3 is 5.97 Å². The van der Waals surface area contributed by atoms with Crippen molar-refractivity contribution in [2.45, 2.75) is 6.10 Å². The minimum absolute atomic E-state index is 0.202. The van der Waals surface area contributed by atoms with Crippen molar-refractivity contribution < 1.29 is 15.0 Å². The molecule has 0 fully saturated rings. The van der Waals surface area contributed by atoms with Crippen molar-refractivity contribution in [1.82, 2.24) is 0 Å². The first kappa shape index (κ1) is 12.2. The van der Waals surface area contributed by atoms with E-state index < -0.39 is 12.1 Å². The van der Waals surface area contributed by atoms with E-state index in [4.69, 9.17) is 10.4 Å². The van der Waals surface area contributed by atoms with Crippen LogP contribution in [-0.2, 0) is 4.79 Å². The molecule has 1 aromatic carbocycles. The molecule has 6 heteroatoms. The summed E-state index contributed by atoms with van der Waals surface area (Å²) in [6.07, 6.45) is -1.61. The monoisotopic (exact) mass is 333 g/mol. The van der Waals surface area contributed by atoms with E-state index in [2.05, 4.69) is 31.9 Å². The molecule has 1 atom stereocenters. The van der Waals surface area contributed by atoms with E-state index >= 15 is 0 Å². The van der Waals surface area contributed by atoms with Gasteiger partial charge in [-0.1, -0.05) is 6.07 Å². The number of nitrogens with zero attached hydrogens (tertiary/aromatic N) is 1. The minimum atomic E-state index is -1.61. The van der Waals surface area contributed by atoms with Crippen molar-refractivity contribution in [3.8, 4) is 6.07 Å². The zero-order chi connectivity index (χ0) is 11.6. The molecule has 0 amide bonds. The van der Waals surface area contributed by atoms with Gasteiger partial charge in [0, 0.05) is 14.5 Å². The molecule has 0 aliphatic carbocycles. The maximum Gasteiger partial charge on any atom is 0.337 e. The van der Waals surface area contributed by atoms with Gasteiger partial charge in [-0.2, -0.15) is 5.26 Å². The van der Waals surface area contributed by atoms with Crippen molar-refractivity contribution >= 4 is 37.8 Å². The number of carboxylic acids is 1. The van der Waals surface area contributed by atoms with Crippen molar-refractivity contribution in [3.63, 3.8) is 0 Å². The lowest BCUT2D eigenvalue weighted by molar-refractivity contribution is -0.147. The molecule has 0 bridgehead atoms. The number of halogens is 2. The van der Waals surface area contributed by atoms with Crippen LogP contribution in [0.5, 0.6) is 0 Å². The number of carboxylic acid groups (broad SMARTS) is 1. The largest absolute Gasteiger partial charge is 0.479 e. The van der Waals surface area contributed by atoms with Crippen molar-refractivity contribution in [1.29, 1.82) is 5.26 Å². The van der Waals surface area contributed by atoms with Gasteiger partial charge in [-0.3, -0.25) is 0 Å². The molecule has 1 aromatic rings. The number of benzene rings is 1. The minimum Gasteiger partial charge on any atom is -0.479 e. The average molecular weight is 335 g/mol. The van der Waals surface area contributed by atoms with Crippen LogP contribution in [0.2, 0.25) is 0 Å². The number of hydrogen-bond acceptors (Lipinski definition) is 3. The molecule has 0 saturated heterocycles.